The van der Waals surface area contributed by atoms with Crippen molar-refractivity contribution in [2.24, 2.45) is 41.4 Å². The van der Waals surface area contributed by atoms with Gasteiger partial charge in [-0.15, -0.1) is 11.6 Å². The molecule has 3 saturated heterocycles. The maximum atomic E-state index is 15.4. The summed E-state index contributed by atoms with van der Waals surface area (Å²) in [4.78, 5) is 188. The molecule has 3 saturated carbocycles. The number of nitrogens with zero attached hydrogens (tertiary/aromatic N) is 8. The maximum Gasteiger partial charge on any atom is 0.393 e. The third kappa shape index (κ3) is 19.4. The fraction of sp³-hybridized carbons (Fsp3) is 0.829. The molecule has 3 unspecified atom stereocenters. The summed E-state index contributed by atoms with van der Waals surface area (Å²) in [5.41, 5.74) is -1.57. The highest BCUT2D eigenvalue weighted by Gasteiger charge is 2.52. The van der Waals surface area contributed by atoms with E-state index in [-0.39, 0.29) is 101 Å². The van der Waals surface area contributed by atoms with Gasteiger partial charge in [0.05, 0.1) is 18.9 Å². The number of carbonyl (C=O) groups excluding carboxylic acids is 12. The molecule has 0 aromatic rings. The molecule has 6 fully saturated rings. The van der Waals surface area contributed by atoms with E-state index < -0.39 is 173 Å². The summed E-state index contributed by atoms with van der Waals surface area (Å²) in [6.45, 7) is 14.1. The number of halogens is 4. The molecule has 0 radical (unpaired) electrons. The lowest BCUT2D eigenvalue weighted by Gasteiger charge is -2.44. The summed E-state index contributed by atoms with van der Waals surface area (Å²) < 4.78 is 42.0. The zero-order valence-electron chi connectivity index (χ0n) is 60.8. The molecule has 1 spiro atoms. The highest BCUT2D eigenvalue weighted by molar-refractivity contribution is 6.21. The van der Waals surface area contributed by atoms with Crippen molar-refractivity contribution < 1.29 is 70.7 Å². The van der Waals surface area contributed by atoms with Gasteiger partial charge in [-0.05, 0) is 119 Å². The number of carbonyl (C=O) groups is 12. The molecule has 98 heavy (non-hydrogen) atoms. The molecule has 24 nitrogen and oxygen atoms in total. The Balaban J connectivity index is 1.41. The van der Waals surface area contributed by atoms with Gasteiger partial charge < -0.3 is 60.5 Å². The van der Waals surface area contributed by atoms with Gasteiger partial charge in [-0.2, -0.15) is 13.2 Å². The van der Waals surface area contributed by atoms with Crippen molar-refractivity contribution >= 4 is 82.5 Å². The van der Waals surface area contributed by atoms with Gasteiger partial charge in [-0.1, -0.05) is 99.8 Å². The van der Waals surface area contributed by atoms with E-state index in [9.17, 15) is 46.7 Å². The van der Waals surface area contributed by atoms with Gasteiger partial charge in [0.15, 0.2) is 0 Å². The Labute approximate surface area is 583 Å². The molecule has 4 N–H and O–H groups in total. The highest BCUT2D eigenvalue weighted by atomic mass is 35.5. The Kier molecular flexibility index (Phi) is 28.7. The van der Waals surface area contributed by atoms with E-state index in [1.54, 1.807) is 13.8 Å². The van der Waals surface area contributed by atoms with E-state index in [2.05, 4.69) is 28.2 Å². The summed E-state index contributed by atoms with van der Waals surface area (Å²) in [6, 6.07) is -11.0. The number of rotatable bonds is 12. The third-order valence-electron chi connectivity index (χ3n) is 22.5. The van der Waals surface area contributed by atoms with Crippen LogP contribution >= 0.6 is 11.6 Å². The minimum absolute atomic E-state index is 0.00247. The summed E-state index contributed by atoms with van der Waals surface area (Å²) in [7, 11) is 10.1. The largest absolute Gasteiger partial charge is 0.393 e. The van der Waals surface area contributed by atoms with Crippen molar-refractivity contribution in [3.63, 3.8) is 0 Å². The molecule has 6 rings (SSSR count). The van der Waals surface area contributed by atoms with E-state index >= 15 is 24.0 Å². The van der Waals surface area contributed by atoms with Crippen molar-refractivity contribution in [2.75, 3.05) is 69.0 Å². The minimum atomic E-state index is -4.51. The van der Waals surface area contributed by atoms with Gasteiger partial charge >= 0.3 is 6.18 Å². The zero-order chi connectivity index (χ0) is 73.2. The van der Waals surface area contributed by atoms with E-state index in [0.717, 1.165) is 30.6 Å². The molecular weight excluding hydrogens is 1290 g/mol. The molecule has 12 amide bonds. The Hall–Kier alpha value is -6.28. The fourth-order valence-electron chi connectivity index (χ4n) is 15.5. The smallest absolute Gasteiger partial charge is 0.347 e. The minimum Gasteiger partial charge on any atom is -0.347 e. The molecule has 3 heterocycles. The van der Waals surface area contributed by atoms with Crippen LogP contribution in [0.1, 0.15) is 190 Å². The third-order valence-corrected chi connectivity index (χ3v) is 22.9. The standard InChI is InChI=1S/C70H114ClF3N12O12/c1-16-42(6)57-61(91)75-44(8)62(92)86-34-30-51(86)66(96)82(13)53(37-46-24-22-41(5)23-25-46)65(95)80(11)39-55(87)76-49(29-27-45-26-28-47(48(71)36-45)70(72,73)74)63(93)85-33-20-21-50(85)60(90)78-69(31-18-19-32-69)68(98)84(15)58(43(7)17-2)67(97)83(14)54(64(94)79(9)10)38-56(88)81(12)52(35-40(3)4)59(89)77-57/h40-54,57-58H,16-39H2,1-15H3,(H,75,91)(H,76,87)(H,77,89)(H,78,90)/t41?,42-,43-,44-,45?,46?,47?,48?,49-,50-,51-,52-,53-,54-,57-,58-/m0/s1. The predicted octanol–water partition coefficient (Wildman–Crippen LogP) is 5.46. The van der Waals surface area contributed by atoms with Crippen LogP contribution in [0.25, 0.3) is 0 Å². The average Bonchev–Trinajstić information content (AvgIpc) is 1.36. The first-order chi connectivity index (χ1) is 45.9. The first-order valence-corrected chi connectivity index (χ1v) is 36.4. The molecule has 28 heteroatoms. The molecule has 0 bridgehead atoms. The van der Waals surface area contributed by atoms with Crippen molar-refractivity contribution in [1.29, 1.82) is 0 Å². The van der Waals surface area contributed by atoms with Crippen LogP contribution in [0.15, 0.2) is 0 Å². The second-order valence-corrected chi connectivity index (χ2v) is 30.8. The van der Waals surface area contributed by atoms with Crippen LogP contribution in [0.5, 0.6) is 0 Å². The van der Waals surface area contributed by atoms with E-state index in [1.807, 2.05) is 27.7 Å². The van der Waals surface area contributed by atoms with Gasteiger partial charge in [0.2, 0.25) is 70.9 Å². The van der Waals surface area contributed by atoms with E-state index in [0.29, 0.717) is 38.0 Å². The van der Waals surface area contributed by atoms with Crippen LogP contribution in [-0.4, -0.2) is 251 Å². The summed E-state index contributed by atoms with van der Waals surface area (Å²) in [5, 5.41) is 10.3. The van der Waals surface area contributed by atoms with Crippen LogP contribution in [0.2, 0.25) is 0 Å². The molecule has 554 valence electrons. The SMILES string of the molecule is CC[C@H](C)[C@@H]1NC(=O)[C@H](CC(C)C)N(C)C(=O)C[C@@H](C(=O)N(C)C)N(C)C(=O)[C@H]([C@@H](C)CC)N(C)C(=O)C2(CCCC2)NC(=O)[C@@H]2CCCN2C(=O)[C@H](CCC2CCC(C(F)(F)F)C(Cl)C2)NC(=O)CN(C)C(=O)[C@H](CC2CCC(C)CC2)N(C)C(=O)[C@@H]2CCN2C(=O)[C@H](C)NC1=O. The molecule has 0 aromatic heterocycles. The summed E-state index contributed by atoms with van der Waals surface area (Å²) in [6.07, 6.45) is 1.50. The summed E-state index contributed by atoms with van der Waals surface area (Å²) in [5.74, 6) is -10.6. The Morgan fingerprint density at radius 1 is 0.633 bits per heavy atom. The summed E-state index contributed by atoms with van der Waals surface area (Å²) >= 11 is 6.40. The lowest BCUT2D eigenvalue weighted by molar-refractivity contribution is -0.182. The second-order valence-electron chi connectivity index (χ2n) is 30.3. The Bertz CT molecular complexity index is 2870. The highest BCUT2D eigenvalue weighted by Crippen LogP contribution is 2.44. The first-order valence-electron chi connectivity index (χ1n) is 36.0. The fourth-order valence-corrected chi connectivity index (χ4v) is 16.1. The number of amides is 12. The van der Waals surface area contributed by atoms with Crippen molar-refractivity contribution in [1.82, 2.24) is 60.5 Å². The van der Waals surface area contributed by atoms with Gasteiger partial charge in [0.1, 0.15) is 59.9 Å². The normalized spacial score (nSPS) is 31.9. The number of likely N-dealkylation sites (N-methyl/N-ethyl adjacent to an activating group) is 6. The van der Waals surface area contributed by atoms with Gasteiger partial charge in [-0.25, -0.2) is 0 Å². The molecule has 3 aliphatic heterocycles. The van der Waals surface area contributed by atoms with Crippen molar-refractivity contribution in [2.45, 2.75) is 262 Å². The van der Waals surface area contributed by atoms with Gasteiger partial charge in [0, 0.05) is 67.8 Å². The molecular formula is C70H114ClF3N12O12. The van der Waals surface area contributed by atoms with Crippen LogP contribution in [0, 0.1) is 41.4 Å². The van der Waals surface area contributed by atoms with Crippen molar-refractivity contribution in [3.8, 4) is 0 Å². The van der Waals surface area contributed by atoms with Gasteiger partial charge in [0.25, 0.3) is 0 Å². The number of hydrogen-bond acceptors (Lipinski definition) is 12. The second kappa shape index (κ2) is 34.9. The monoisotopic (exact) mass is 1410 g/mol. The predicted molar refractivity (Wildman–Crippen MR) is 363 cm³/mol. The lowest BCUT2D eigenvalue weighted by atomic mass is 9.78. The topological polar surface area (TPSA) is 279 Å². The van der Waals surface area contributed by atoms with Crippen molar-refractivity contribution in [3.05, 3.63) is 0 Å². The number of nitrogens with one attached hydrogen (secondary N) is 4. The number of hydrogen-bond donors (Lipinski definition) is 4. The van der Waals surface area contributed by atoms with E-state index in [1.165, 1.54) is 90.6 Å². The van der Waals surface area contributed by atoms with Crippen LogP contribution in [-0.2, 0) is 57.5 Å². The Morgan fingerprint density at radius 3 is 1.81 bits per heavy atom. The van der Waals surface area contributed by atoms with Crippen LogP contribution < -0.4 is 21.3 Å². The molecule has 6 aliphatic rings. The molecule has 14 atom stereocenters. The molecule has 0 aromatic carbocycles. The zero-order valence-corrected chi connectivity index (χ0v) is 61.5. The van der Waals surface area contributed by atoms with Crippen LogP contribution in [0.4, 0.5) is 13.2 Å². The van der Waals surface area contributed by atoms with Gasteiger partial charge in [-0.3, -0.25) is 57.5 Å². The number of alkyl halides is 4. The quantitative estimate of drug-likeness (QED) is 0.177. The Morgan fingerprint density at radius 2 is 1.24 bits per heavy atom. The maximum absolute atomic E-state index is 15.4. The number of fused-ring (bicyclic) bond motifs is 2. The first kappa shape index (κ1) is 80.7. The lowest BCUT2D eigenvalue weighted by Crippen LogP contribution is -2.65. The van der Waals surface area contributed by atoms with Crippen LogP contribution in [0.3, 0.4) is 0 Å². The molecule has 3 aliphatic carbocycles. The van der Waals surface area contributed by atoms with E-state index in [4.69, 9.17) is 11.6 Å². The average molecular weight is 1410 g/mol.